The number of ether oxygens (including phenoxy) is 1. The summed E-state index contributed by atoms with van der Waals surface area (Å²) < 4.78 is 5.38. The van der Waals surface area contributed by atoms with E-state index in [-0.39, 0.29) is 11.9 Å². The van der Waals surface area contributed by atoms with E-state index in [1.54, 1.807) is 77.6 Å². The lowest BCUT2D eigenvalue weighted by Gasteiger charge is -2.44. The standard InChI is InChI=1S/C38H31N3O5/c1-24-22-33(29-14-6-7-17-32(29)40(24)36(43)26-10-4-3-5-11-26)41(27-18-20-28(46-2)21-19-27)34(42)23-39-37(44)30-15-8-12-25-13-9-16-31(35(25)30)38(39)45/h3-21,24,33H,22-23H2,1-2H3. The van der Waals surface area contributed by atoms with Crippen molar-refractivity contribution in [2.45, 2.75) is 25.4 Å². The van der Waals surface area contributed by atoms with Gasteiger partial charge in [-0.1, -0.05) is 60.7 Å². The summed E-state index contributed by atoms with van der Waals surface area (Å²) in [7, 11) is 1.57. The lowest BCUT2D eigenvalue weighted by molar-refractivity contribution is -0.119. The van der Waals surface area contributed by atoms with Crippen LogP contribution < -0.4 is 14.5 Å². The Bertz CT molecular complexity index is 1960. The average molecular weight is 610 g/mol. The Morgan fingerprint density at radius 2 is 1.41 bits per heavy atom. The first kappa shape index (κ1) is 29.0. The van der Waals surface area contributed by atoms with Gasteiger partial charge in [-0.05, 0) is 78.9 Å². The summed E-state index contributed by atoms with van der Waals surface area (Å²) >= 11 is 0. The number of hydrogen-bond donors (Lipinski definition) is 0. The summed E-state index contributed by atoms with van der Waals surface area (Å²) in [5, 5.41) is 1.40. The van der Waals surface area contributed by atoms with Gasteiger partial charge in [-0.15, -0.1) is 0 Å². The predicted octanol–water partition coefficient (Wildman–Crippen LogP) is 6.66. The molecule has 5 aromatic rings. The molecule has 8 heteroatoms. The first-order chi connectivity index (χ1) is 22.4. The van der Waals surface area contributed by atoms with Crippen LogP contribution in [-0.2, 0) is 4.79 Å². The number of carbonyl (C=O) groups is 4. The van der Waals surface area contributed by atoms with E-state index >= 15 is 0 Å². The maximum atomic E-state index is 14.5. The van der Waals surface area contributed by atoms with Gasteiger partial charge in [-0.2, -0.15) is 0 Å². The van der Waals surface area contributed by atoms with E-state index in [0.29, 0.717) is 45.6 Å². The zero-order valence-electron chi connectivity index (χ0n) is 25.4. The number of nitrogens with zero attached hydrogens (tertiary/aromatic N) is 3. The molecular weight excluding hydrogens is 578 g/mol. The number of rotatable bonds is 6. The first-order valence-corrected chi connectivity index (χ1v) is 15.2. The van der Waals surface area contributed by atoms with Crippen LogP contribution in [-0.4, -0.2) is 48.2 Å². The van der Waals surface area contributed by atoms with Crippen molar-refractivity contribution in [3.8, 4) is 5.75 Å². The molecule has 0 aromatic heterocycles. The van der Waals surface area contributed by atoms with E-state index in [1.807, 2.05) is 61.5 Å². The second-order valence-corrected chi connectivity index (χ2v) is 11.6. The topological polar surface area (TPSA) is 87.2 Å². The van der Waals surface area contributed by atoms with Crippen molar-refractivity contribution in [2.24, 2.45) is 0 Å². The zero-order valence-corrected chi connectivity index (χ0v) is 25.4. The minimum absolute atomic E-state index is 0.126. The summed E-state index contributed by atoms with van der Waals surface area (Å²) in [5.74, 6) is -0.935. The van der Waals surface area contributed by atoms with E-state index in [9.17, 15) is 19.2 Å². The molecular formula is C38H31N3O5. The number of methoxy groups -OCH3 is 1. The van der Waals surface area contributed by atoms with Gasteiger partial charge < -0.3 is 14.5 Å². The molecule has 7 rings (SSSR count). The van der Waals surface area contributed by atoms with Crippen molar-refractivity contribution in [3.63, 3.8) is 0 Å². The van der Waals surface area contributed by atoms with Crippen LogP contribution >= 0.6 is 0 Å². The Balaban J connectivity index is 1.29. The molecule has 2 unspecified atom stereocenters. The molecule has 0 N–H and O–H groups in total. The highest BCUT2D eigenvalue weighted by molar-refractivity contribution is 6.26. The Morgan fingerprint density at radius 3 is 2.07 bits per heavy atom. The molecule has 8 nitrogen and oxygen atoms in total. The van der Waals surface area contributed by atoms with Crippen molar-refractivity contribution in [2.75, 3.05) is 23.5 Å². The molecule has 2 aliphatic rings. The molecule has 5 aromatic carbocycles. The summed E-state index contributed by atoms with van der Waals surface area (Å²) in [4.78, 5) is 60.3. The number of fused-ring (bicyclic) bond motifs is 1. The Kier molecular flexibility index (Phi) is 7.33. The van der Waals surface area contributed by atoms with Crippen LogP contribution in [0.3, 0.4) is 0 Å². The molecule has 0 radical (unpaired) electrons. The van der Waals surface area contributed by atoms with Gasteiger partial charge in [-0.3, -0.25) is 24.1 Å². The highest BCUT2D eigenvalue weighted by atomic mass is 16.5. The molecule has 2 aliphatic heterocycles. The third-order valence-electron chi connectivity index (χ3n) is 8.88. The van der Waals surface area contributed by atoms with Gasteiger partial charge in [0.15, 0.2) is 0 Å². The van der Waals surface area contributed by atoms with Crippen LogP contribution in [0.4, 0.5) is 11.4 Å². The highest BCUT2D eigenvalue weighted by Crippen LogP contribution is 2.43. The molecule has 0 bridgehead atoms. The molecule has 0 saturated carbocycles. The summed E-state index contributed by atoms with van der Waals surface area (Å²) in [6.07, 6.45) is 0.428. The molecule has 0 aliphatic carbocycles. The van der Waals surface area contributed by atoms with Crippen molar-refractivity contribution in [1.29, 1.82) is 0 Å². The molecule has 2 atom stereocenters. The quantitative estimate of drug-likeness (QED) is 0.201. The predicted molar refractivity (Wildman–Crippen MR) is 176 cm³/mol. The highest BCUT2D eigenvalue weighted by Gasteiger charge is 2.41. The third kappa shape index (κ3) is 4.79. The fourth-order valence-corrected chi connectivity index (χ4v) is 6.73. The number of imide groups is 1. The number of benzene rings is 5. The lowest BCUT2D eigenvalue weighted by Crippen LogP contribution is -2.51. The second kappa shape index (κ2) is 11.6. The summed E-state index contributed by atoms with van der Waals surface area (Å²) in [5.41, 5.74) is 3.44. The maximum Gasteiger partial charge on any atom is 0.261 e. The number of anilines is 2. The van der Waals surface area contributed by atoms with Gasteiger partial charge in [-0.25, -0.2) is 0 Å². The van der Waals surface area contributed by atoms with E-state index in [2.05, 4.69) is 0 Å². The molecule has 2 heterocycles. The van der Waals surface area contributed by atoms with Gasteiger partial charge in [0.25, 0.3) is 17.7 Å². The Labute approximate surface area is 266 Å². The second-order valence-electron chi connectivity index (χ2n) is 11.6. The number of carbonyl (C=O) groups excluding carboxylic acids is 4. The van der Waals surface area contributed by atoms with Crippen LogP contribution in [0.5, 0.6) is 5.75 Å². The van der Waals surface area contributed by atoms with Crippen molar-refractivity contribution in [3.05, 3.63) is 138 Å². The largest absolute Gasteiger partial charge is 0.497 e. The SMILES string of the molecule is COc1ccc(N(C(=O)CN2C(=O)c3cccc4cccc(c34)C2=O)C2CC(C)N(C(=O)c3ccccc3)c3ccccc32)cc1. The van der Waals surface area contributed by atoms with Gasteiger partial charge in [0, 0.05) is 39.5 Å². The normalized spacial score (nSPS) is 17.1. The van der Waals surface area contributed by atoms with Crippen molar-refractivity contribution >= 4 is 45.8 Å². The summed E-state index contributed by atoms with van der Waals surface area (Å²) in [6.45, 7) is 1.52. The molecule has 0 spiro atoms. The first-order valence-electron chi connectivity index (χ1n) is 15.2. The average Bonchev–Trinajstić information content (AvgIpc) is 3.09. The monoisotopic (exact) mass is 609 g/mol. The van der Waals surface area contributed by atoms with Gasteiger partial charge in [0.05, 0.1) is 13.2 Å². The fraction of sp³-hybridized carbons (Fsp3) is 0.158. The van der Waals surface area contributed by atoms with Crippen molar-refractivity contribution in [1.82, 2.24) is 4.90 Å². The van der Waals surface area contributed by atoms with Gasteiger partial charge in [0.1, 0.15) is 12.3 Å². The van der Waals surface area contributed by atoms with Crippen LogP contribution in [0.2, 0.25) is 0 Å². The van der Waals surface area contributed by atoms with E-state index < -0.39 is 30.3 Å². The van der Waals surface area contributed by atoms with Crippen LogP contribution in [0, 0.1) is 0 Å². The van der Waals surface area contributed by atoms with E-state index in [0.717, 1.165) is 15.8 Å². The number of amides is 4. The Morgan fingerprint density at radius 1 is 0.783 bits per heavy atom. The number of para-hydroxylation sites is 1. The minimum Gasteiger partial charge on any atom is -0.497 e. The van der Waals surface area contributed by atoms with Crippen LogP contribution in [0.1, 0.15) is 56.0 Å². The number of hydrogen-bond acceptors (Lipinski definition) is 5. The molecule has 0 saturated heterocycles. The zero-order chi connectivity index (χ0) is 31.9. The van der Waals surface area contributed by atoms with Crippen LogP contribution in [0.15, 0.2) is 115 Å². The Hall–Kier alpha value is -5.76. The molecule has 0 fully saturated rings. The van der Waals surface area contributed by atoms with Gasteiger partial charge in [0.2, 0.25) is 5.91 Å². The van der Waals surface area contributed by atoms with Crippen LogP contribution in [0.25, 0.3) is 10.8 Å². The fourth-order valence-electron chi connectivity index (χ4n) is 6.73. The maximum absolute atomic E-state index is 14.5. The minimum atomic E-state index is -0.505. The molecule has 228 valence electrons. The van der Waals surface area contributed by atoms with Crippen molar-refractivity contribution < 1.29 is 23.9 Å². The lowest BCUT2D eigenvalue weighted by atomic mass is 9.89. The molecule has 4 amide bonds. The smallest absolute Gasteiger partial charge is 0.261 e. The van der Waals surface area contributed by atoms with Gasteiger partial charge >= 0.3 is 0 Å². The summed E-state index contributed by atoms with van der Waals surface area (Å²) in [6, 6.07) is 33.7. The molecule has 46 heavy (non-hydrogen) atoms. The third-order valence-corrected chi connectivity index (χ3v) is 8.88. The van der Waals surface area contributed by atoms with E-state index in [1.165, 1.54) is 0 Å². The van der Waals surface area contributed by atoms with E-state index in [4.69, 9.17) is 4.74 Å².